The fourth-order valence-corrected chi connectivity index (χ4v) is 2.47. The Balaban J connectivity index is 2.18. The highest BCUT2D eigenvalue weighted by molar-refractivity contribution is 6.30. The molecule has 3 rings (SSSR count). The number of nitrogens with zero attached hydrogens (tertiary/aromatic N) is 2. The topological polar surface area (TPSA) is 17.8 Å². The third-order valence-corrected chi connectivity index (χ3v) is 3.31. The highest BCUT2D eigenvalue weighted by Gasteiger charge is 2.22. The van der Waals surface area contributed by atoms with Crippen LogP contribution in [0.15, 0.2) is 24.3 Å². The van der Waals surface area contributed by atoms with Crippen LogP contribution in [0.4, 0.5) is 4.39 Å². The second-order valence-corrected chi connectivity index (χ2v) is 4.29. The van der Waals surface area contributed by atoms with Gasteiger partial charge in [-0.15, -0.1) is 0 Å². The first-order valence-corrected chi connectivity index (χ1v) is 5.66. The molecule has 0 fully saturated rings. The number of aromatic nitrogens is 2. The van der Waals surface area contributed by atoms with Crippen molar-refractivity contribution in [2.45, 2.75) is 19.3 Å². The summed E-state index contributed by atoms with van der Waals surface area (Å²) in [5.41, 5.74) is 2.50. The third-order valence-electron chi connectivity index (χ3n) is 2.93. The second-order valence-electron chi connectivity index (χ2n) is 3.93. The van der Waals surface area contributed by atoms with Crippen molar-refractivity contribution in [1.82, 2.24) is 9.78 Å². The van der Waals surface area contributed by atoms with Crippen LogP contribution in [0, 0.1) is 5.82 Å². The Hall–Kier alpha value is -1.35. The minimum atomic E-state index is -0.300. The van der Waals surface area contributed by atoms with Gasteiger partial charge in [0, 0.05) is 5.56 Å². The fourth-order valence-electron chi connectivity index (χ4n) is 2.14. The van der Waals surface area contributed by atoms with E-state index in [0.717, 1.165) is 30.5 Å². The lowest BCUT2D eigenvalue weighted by Crippen LogP contribution is -2.01. The summed E-state index contributed by atoms with van der Waals surface area (Å²) in [4.78, 5) is 0. The van der Waals surface area contributed by atoms with Crippen molar-refractivity contribution >= 4 is 11.6 Å². The Morgan fingerprint density at radius 2 is 2.06 bits per heavy atom. The molecule has 1 heterocycles. The van der Waals surface area contributed by atoms with Crippen LogP contribution in [0.3, 0.4) is 0 Å². The Labute approximate surface area is 97.7 Å². The summed E-state index contributed by atoms with van der Waals surface area (Å²) in [5, 5.41) is 4.92. The summed E-state index contributed by atoms with van der Waals surface area (Å²) >= 11 is 6.21. The minimum Gasteiger partial charge on any atom is -0.219 e. The average molecular weight is 237 g/mol. The second kappa shape index (κ2) is 3.59. The normalized spacial score (nSPS) is 14.1. The number of fused-ring (bicyclic) bond motifs is 1. The zero-order chi connectivity index (χ0) is 11.1. The van der Waals surface area contributed by atoms with E-state index in [0.29, 0.717) is 10.8 Å². The fraction of sp³-hybridized carbons (Fsp3) is 0.250. The van der Waals surface area contributed by atoms with Crippen molar-refractivity contribution in [3.05, 3.63) is 46.5 Å². The molecular formula is C12H10ClFN2. The molecule has 16 heavy (non-hydrogen) atoms. The first kappa shape index (κ1) is 9.85. The van der Waals surface area contributed by atoms with Crippen LogP contribution >= 0.6 is 11.6 Å². The molecule has 4 heteroatoms. The quantitative estimate of drug-likeness (QED) is 0.744. The van der Waals surface area contributed by atoms with Gasteiger partial charge in [-0.05, 0) is 31.4 Å². The Bertz CT molecular complexity index is 548. The SMILES string of the molecule is Fc1ccccc1-n1nc2c(c1Cl)CCC2. The van der Waals surface area contributed by atoms with Crippen LogP contribution in [0.5, 0.6) is 0 Å². The van der Waals surface area contributed by atoms with Crippen LogP contribution in [-0.4, -0.2) is 9.78 Å². The maximum Gasteiger partial charge on any atom is 0.148 e. The van der Waals surface area contributed by atoms with Crippen molar-refractivity contribution in [3.8, 4) is 5.69 Å². The monoisotopic (exact) mass is 236 g/mol. The van der Waals surface area contributed by atoms with E-state index in [9.17, 15) is 4.39 Å². The molecule has 0 spiro atoms. The van der Waals surface area contributed by atoms with Crippen LogP contribution in [0.1, 0.15) is 17.7 Å². The number of rotatable bonds is 1. The lowest BCUT2D eigenvalue weighted by atomic mass is 10.3. The van der Waals surface area contributed by atoms with Gasteiger partial charge in [0.25, 0.3) is 0 Å². The predicted molar refractivity (Wildman–Crippen MR) is 60.6 cm³/mol. The number of benzene rings is 1. The molecule has 0 N–H and O–H groups in total. The molecule has 0 unspecified atom stereocenters. The van der Waals surface area contributed by atoms with Gasteiger partial charge in [0.2, 0.25) is 0 Å². The highest BCUT2D eigenvalue weighted by Crippen LogP contribution is 2.30. The lowest BCUT2D eigenvalue weighted by molar-refractivity contribution is 0.609. The summed E-state index contributed by atoms with van der Waals surface area (Å²) in [6.45, 7) is 0. The summed E-state index contributed by atoms with van der Waals surface area (Å²) in [5.74, 6) is -0.300. The van der Waals surface area contributed by atoms with Crippen LogP contribution in [0.25, 0.3) is 5.69 Å². The molecular weight excluding hydrogens is 227 g/mol. The van der Waals surface area contributed by atoms with Crippen molar-refractivity contribution in [1.29, 1.82) is 0 Å². The number of hydrogen-bond acceptors (Lipinski definition) is 1. The van der Waals surface area contributed by atoms with E-state index >= 15 is 0 Å². The zero-order valence-corrected chi connectivity index (χ0v) is 9.34. The van der Waals surface area contributed by atoms with Crippen molar-refractivity contribution in [2.24, 2.45) is 0 Å². The smallest absolute Gasteiger partial charge is 0.148 e. The molecule has 0 radical (unpaired) electrons. The average Bonchev–Trinajstić information content (AvgIpc) is 2.83. The van der Waals surface area contributed by atoms with Crippen molar-refractivity contribution in [3.63, 3.8) is 0 Å². The molecule has 0 amide bonds. The van der Waals surface area contributed by atoms with Crippen molar-refractivity contribution in [2.75, 3.05) is 0 Å². The van der Waals surface area contributed by atoms with E-state index in [1.54, 1.807) is 18.2 Å². The molecule has 1 aliphatic carbocycles. The molecule has 82 valence electrons. The van der Waals surface area contributed by atoms with Crippen LogP contribution in [0.2, 0.25) is 5.15 Å². The van der Waals surface area contributed by atoms with Gasteiger partial charge < -0.3 is 0 Å². The molecule has 2 nitrogen and oxygen atoms in total. The van der Waals surface area contributed by atoms with E-state index in [1.165, 1.54) is 10.7 Å². The van der Waals surface area contributed by atoms with Crippen LogP contribution < -0.4 is 0 Å². The van der Waals surface area contributed by atoms with Gasteiger partial charge in [-0.1, -0.05) is 23.7 Å². The lowest BCUT2D eigenvalue weighted by Gasteiger charge is -2.04. The molecule has 0 saturated carbocycles. The van der Waals surface area contributed by atoms with E-state index in [-0.39, 0.29) is 5.82 Å². The molecule has 1 aliphatic rings. The van der Waals surface area contributed by atoms with Gasteiger partial charge in [-0.2, -0.15) is 5.10 Å². The molecule has 0 bridgehead atoms. The number of aryl methyl sites for hydroxylation is 1. The van der Waals surface area contributed by atoms with Gasteiger partial charge in [-0.25, -0.2) is 9.07 Å². The molecule has 1 aromatic carbocycles. The maximum atomic E-state index is 13.6. The molecule has 1 aromatic heterocycles. The highest BCUT2D eigenvalue weighted by atomic mass is 35.5. The molecule has 0 aliphatic heterocycles. The Morgan fingerprint density at radius 3 is 2.81 bits per heavy atom. The molecule has 0 saturated heterocycles. The first-order chi connectivity index (χ1) is 7.77. The number of hydrogen-bond donors (Lipinski definition) is 0. The number of para-hydroxylation sites is 1. The Morgan fingerprint density at radius 1 is 1.25 bits per heavy atom. The van der Waals surface area contributed by atoms with E-state index in [1.807, 2.05) is 0 Å². The summed E-state index contributed by atoms with van der Waals surface area (Å²) in [6, 6.07) is 6.54. The summed E-state index contributed by atoms with van der Waals surface area (Å²) in [6.07, 6.45) is 2.98. The summed E-state index contributed by atoms with van der Waals surface area (Å²) < 4.78 is 15.1. The van der Waals surface area contributed by atoms with Gasteiger partial charge in [0.05, 0.1) is 5.69 Å². The molecule has 2 aromatic rings. The van der Waals surface area contributed by atoms with E-state index in [4.69, 9.17) is 11.6 Å². The minimum absolute atomic E-state index is 0.300. The zero-order valence-electron chi connectivity index (χ0n) is 8.58. The third kappa shape index (κ3) is 1.35. The van der Waals surface area contributed by atoms with Crippen LogP contribution in [-0.2, 0) is 12.8 Å². The van der Waals surface area contributed by atoms with Gasteiger partial charge >= 0.3 is 0 Å². The summed E-state index contributed by atoms with van der Waals surface area (Å²) in [7, 11) is 0. The predicted octanol–water partition coefficient (Wildman–Crippen LogP) is 3.15. The largest absolute Gasteiger partial charge is 0.219 e. The van der Waals surface area contributed by atoms with Gasteiger partial charge in [0.15, 0.2) is 0 Å². The number of halogens is 2. The standard InChI is InChI=1S/C12H10ClFN2/c13-12-8-4-3-6-10(8)15-16(12)11-7-2-1-5-9(11)14/h1-2,5,7H,3-4,6H2. The van der Waals surface area contributed by atoms with Crippen molar-refractivity contribution < 1.29 is 4.39 Å². The first-order valence-electron chi connectivity index (χ1n) is 5.28. The maximum absolute atomic E-state index is 13.6. The Kier molecular flexibility index (Phi) is 2.21. The van der Waals surface area contributed by atoms with Gasteiger partial charge in [-0.3, -0.25) is 0 Å². The van der Waals surface area contributed by atoms with Gasteiger partial charge in [0.1, 0.15) is 16.7 Å². The van der Waals surface area contributed by atoms with E-state index in [2.05, 4.69) is 5.10 Å². The molecule has 0 atom stereocenters. The van der Waals surface area contributed by atoms with E-state index < -0.39 is 0 Å².